The smallest absolute Gasteiger partial charge is 0.225 e. The SMILES string of the molecule is CC(C)(C)C(=O)NCCC(=O)NCC#Cc1ccccc1. The van der Waals surface area contributed by atoms with Gasteiger partial charge < -0.3 is 10.6 Å². The zero-order chi connectivity index (χ0) is 15.7. The van der Waals surface area contributed by atoms with Gasteiger partial charge in [-0.15, -0.1) is 0 Å². The summed E-state index contributed by atoms with van der Waals surface area (Å²) in [6.07, 6.45) is 0.259. The second-order valence-corrected chi connectivity index (χ2v) is 5.70. The van der Waals surface area contributed by atoms with Crippen molar-refractivity contribution in [3.8, 4) is 11.8 Å². The Morgan fingerprint density at radius 1 is 1.10 bits per heavy atom. The van der Waals surface area contributed by atoms with Crippen LogP contribution in [0.25, 0.3) is 0 Å². The fraction of sp³-hybridized carbons (Fsp3) is 0.412. The van der Waals surface area contributed by atoms with Crippen LogP contribution in [0.15, 0.2) is 30.3 Å². The van der Waals surface area contributed by atoms with Crippen molar-refractivity contribution in [2.45, 2.75) is 27.2 Å². The Labute approximate surface area is 126 Å². The molecule has 0 aliphatic carbocycles. The number of nitrogens with one attached hydrogen (secondary N) is 2. The van der Waals surface area contributed by atoms with Gasteiger partial charge in [0.2, 0.25) is 11.8 Å². The Hall–Kier alpha value is -2.28. The van der Waals surface area contributed by atoms with Gasteiger partial charge in [-0.25, -0.2) is 0 Å². The van der Waals surface area contributed by atoms with E-state index in [4.69, 9.17) is 0 Å². The van der Waals surface area contributed by atoms with Crippen molar-refractivity contribution in [3.63, 3.8) is 0 Å². The average molecular weight is 286 g/mol. The minimum Gasteiger partial charge on any atom is -0.355 e. The van der Waals surface area contributed by atoms with Crippen molar-refractivity contribution in [2.75, 3.05) is 13.1 Å². The highest BCUT2D eigenvalue weighted by Crippen LogP contribution is 2.11. The van der Waals surface area contributed by atoms with E-state index in [-0.39, 0.29) is 18.2 Å². The second kappa shape index (κ2) is 8.11. The van der Waals surface area contributed by atoms with Crippen LogP contribution in [0.4, 0.5) is 0 Å². The number of carbonyl (C=O) groups is 2. The Morgan fingerprint density at radius 2 is 1.76 bits per heavy atom. The van der Waals surface area contributed by atoms with Crippen LogP contribution in [0.1, 0.15) is 32.8 Å². The lowest BCUT2D eigenvalue weighted by molar-refractivity contribution is -0.128. The second-order valence-electron chi connectivity index (χ2n) is 5.70. The molecule has 0 radical (unpaired) electrons. The van der Waals surface area contributed by atoms with E-state index in [0.717, 1.165) is 5.56 Å². The van der Waals surface area contributed by atoms with Crippen molar-refractivity contribution in [3.05, 3.63) is 35.9 Å². The molecular formula is C17H22N2O2. The van der Waals surface area contributed by atoms with Crippen molar-refractivity contribution in [1.82, 2.24) is 10.6 Å². The Morgan fingerprint density at radius 3 is 2.38 bits per heavy atom. The van der Waals surface area contributed by atoms with Gasteiger partial charge in [0, 0.05) is 23.9 Å². The van der Waals surface area contributed by atoms with E-state index in [2.05, 4.69) is 22.5 Å². The van der Waals surface area contributed by atoms with E-state index in [1.807, 2.05) is 51.1 Å². The predicted molar refractivity (Wildman–Crippen MR) is 83.4 cm³/mol. The van der Waals surface area contributed by atoms with Gasteiger partial charge >= 0.3 is 0 Å². The third kappa shape index (κ3) is 7.17. The summed E-state index contributed by atoms with van der Waals surface area (Å²) in [6, 6.07) is 9.59. The highest BCUT2D eigenvalue weighted by molar-refractivity contribution is 5.82. The predicted octanol–water partition coefficient (Wildman–Crippen LogP) is 1.71. The lowest BCUT2D eigenvalue weighted by atomic mass is 9.96. The number of carbonyl (C=O) groups excluding carboxylic acids is 2. The summed E-state index contributed by atoms with van der Waals surface area (Å²) in [4.78, 5) is 23.2. The highest BCUT2D eigenvalue weighted by Gasteiger charge is 2.20. The van der Waals surface area contributed by atoms with Crippen LogP contribution < -0.4 is 10.6 Å². The van der Waals surface area contributed by atoms with Crippen LogP contribution in [-0.4, -0.2) is 24.9 Å². The maximum Gasteiger partial charge on any atom is 0.225 e. The van der Waals surface area contributed by atoms with Gasteiger partial charge in [0.25, 0.3) is 0 Å². The van der Waals surface area contributed by atoms with Crippen LogP contribution in [0.2, 0.25) is 0 Å². The van der Waals surface area contributed by atoms with Gasteiger partial charge in [0.05, 0.1) is 6.54 Å². The zero-order valence-electron chi connectivity index (χ0n) is 12.8. The molecule has 0 bridgehead atoms. The van der Waals surface area contributed by atoms with E-state index in [1.54, 1.807) is 0 Å². The fourth-order valence-corrected chi connectivity index (χ4v) is 1.45. The molecule has 0 saturated carbocycles. The molecule has 4 nitrogen and oxygen atoms in total. The third-order valence-electron chi connectivity index (χ3n) is 2.70. The summed E-state index contributed by atoms with van der Waals surface area (Å²) in [5.41, 5.74) is 0.488. The van der Waals surface area contributed by atoms with Crippen LogP contribution in [0.3, 0.4) is 0 Å². The van der Waals surface area contributed by atoms with E-state index < -0.39 is 5.41 Å². The Balaban J connectivity index is 2.21. The van der Waals surface area contributed by atoms with Gasteiger partial charge in [-0.3, -0.25) is 9.59 Å². The van der Waals surface area contributed by atoms with E-state index in [1.165, 1.54) is 0 Å². The molecular weight excluding hydrogens is 264 g/mol. The maximum absolute atomic E-state index is 11.6. The first-order valence-electron chi connectivity index (χ1n) is 6.98. The molecule has 0 aliphatic heterocycles. The summed E-state index contributed by atoms with van der Waals surface area (Å²) in [5, 5.41) is 5.44. The van der Waals surface area contributed by atoms with Crippen LogP contribution in [0, 0.1) is 17.3 Å². The van der Waals surface area contributed by atoms with E-state index in [9.17, 15) is 9.59 Å². The molecule has 112 valence electrons. The number of hydrogen-bond donors (Lipinski definition) is 2. The Bertz CT molecular complexity index is 533. The Kier molecular flexibility index (Phi) is 6.48. The molecule has 0 fully saturated rings. The molecule has 2 N–H and O–H groups in total. The maximum atomic E-state index is 11.6. The molecule has 4 heteroatoms. The number of rotatable bonds is 4. The topological polar surface area (TPSA) is 58.2 Å². The third-order valence-corrected chi connectivity index (χ3v) is 2.70. The van der Waals surface area contributed by atoms with Crippen molar-refractivity contribution in [2.24, 2.45) is 5.41 Å². The summed E-state index contributed by atoms with van der Waals surface area (Å²) in [5.74, 6) is 5.67. The molecule has 0 spiro atoms. The van der Waals surface area contributed by atoms with Gasteiger partial charge in [-0.2, -0.15) is 0 Å². The van der Waals surface area contributed by atoms with Gasteiger partial charge in [0.15, 0.2) is 0 Å². The van der Waals surface area contributed by atoms with E-state index in [0.29, 0.717) is 13.1 Å². The van der Waals surface area contributed by atoms with Crippen LogP contribution in [0.5, 0.6) is 0 Å². The fourth-order valence-electron chi connectivity index (χ4n) is 1.45. The highest BCUT2D eigenvalue weighted by atomic mass is 16.2. The number of benzene rings is 1. The minimum absolute atomic E-state index is 0.0563. The van der Waals surface area contributed by atoms with Crippen LogP contribution >= 0.6 is 0 Å². The number of hydrogen-bond acceptors (Lipinski definition) is 2. The van der Waals surface area contributed by atoms with Crippen LogP contribution in [-0.2, 0) is 9.59 Å². The molecule has 0 aromatic heterocycles. The lowest BCUT2D eigenvalue weighted by Crippen LogP contribution is -2.37. The van der Waals surface area contributed by atoms with Crippen molar-refractivity contribution in [1.29, 1.82) is 0 Å². The molecule has 0 aliphatic rings. The monoisotopic (exact) mass is 286 g/mol. The van der Waals surface area contributed by atoms with Gasteiger partial charge in [-0.05, 0) is 12.1 Å². The first kappa shape index (κ1) is 16.8. The number of amides is 2. The molecule has 0 unspecified atom stereocenters. The first-order chi connectivity index (χ1) is 9.89. The molecule has 1 aromatic rings. The summed E-state index contributed by atoms with van der Waals surface area (Å²) in [6.45, 7) is 6.15. The van der Waals surface area contributed by atoms with Gasteiger partial charge in [0.1, 0.15) is 0 Å². The largest absolute Gasteiger partial charge is 0.355 e. The standard InChI is InChI=1S/C17H22N2O2/c1-17(2,3)16(21)19-13-11-15(20)18-12-7-10-14-8-5-4-6-9-14/h4-6,8-9H,11-13H2,1-3H3,(H,18,20)(H,19,21). The first-order valence-corrected chi connectivity index (χ1v) is 6.98. The summed E-state index contributed by atoms with van der Waals surface area (Å²) >= 11 is 0. The molecule has 1 aromatic carbocycles. The van der Waals surface area contributed by atoms with Gasteiger partial charge in [-0.1, -0.05) is 50.8 Å². The van der Waals surface area contributed by atoms with Crippen molar-refractivity contribution >= 4 is 11.8 Å². The summed E-state index contributed by atoms with van der Waals surface area (Å²) in [7, 11) is 0. The zero-order valence-corrected chi connectivity index (χ0v) is 12.8. The van der Waals surface area contributed by atoms with Crippen molar-refractivity contribution < 1.29 is 9.59 Å². The normalized spacial score (nSPS) is 10.2. The average Bonchev–Trinajstić information content (AvgIpc) is 2.43. The molecule has 21 heavy (non-hydrogen) atoms. The summed E-state index contributed by atoms with van der Waals surface area (Å²) < 4.78 is 0. The quantitative estimate of drug-likeness (QED) is 0.828. The lowest BCUT2D eigenvalue weighted by Gasteiger charge is -2.17. The molecule has 0 heterocycles. The van der Waals surface area contributed by atoms with E-state index >= 15 is 0 Å². The molecule has 2 amide bonds. The molecule has 0 atom stereocenters. The molecule has 1 rings (SSSR count). The molecule has 0 saturated heterocycles. The minimum atomic E-state index is -0.433.